The van der Waals surface area contributed by atoms with Crippen molar-refractivity contribution in [3.63, 3.8) is 0 Å². The van der Waals surface area contributed by atoms with Gasteiger partial charge in [0.1, 0.15) is 19.8 Å². The number of alkyl carbamates (subject to hydrolysis) is 1. The van der Waals surface area contributed by atoms with Gasteiger partial charge in [0.2, 0.25) is 5.96 Å². The van der Waals surface area contributed by atoms with E-state index in [4.69, 9.17) is 14.6 Å². The zero-order chi connectivity index (χ0) is 31.2. The molecule has 0 aromatic heterocycles. The van der Waals surface area contributed by atoms with Gasteiger partial charge in [-0.25, -0.2) is 9.79 Å². The smallest absolute Gasteiger partial charge is 0.414 e. The van der Waals surface area contributed by atoms with E-state index in [1.807, 2.05) is 78.9 Å². The Labute approximate surface area is 259 Å². The molecule has 0 atom stereocenters. The summed E-state index contributed by atoms with van der Waals surface area (Å²) in [6.07, 6.45) is 7.61. The molecule has 0 aliphatic heterocycles. The number of carbonyl (C=O) groups excluding carboxylic acids is 2. The van der Waals surface area contributed by atoms with Crippen molar-refractivity contribution in [2.24, 2.45) is 4.99 Å². The van der Waals surface area contributed by atoms with Crippen LogP contribution in [0.3, 0.4) is 0 Å². The summed E-state index contributed by atoms with van der Waals surface area (Å²) in [6.45, 7) is 0.380. The number of amides is 1. The van der Waals surface area contributed by atoms with E-state index in [0.29, 0.717) is 6.54 Å². The number of rotatable bonds is 18. The van der Waals surface area contributed by atoms with Crippen LogP contribution in [0.1, 0.15) is 73.6 Å². The Hall–Kier alpha value is -4.66. The zero-order valence-corrected chi connectivity index (χ0v) is 25.2. The van der Waals surface area contributed by atoms with Gasteiger partial charge in [-0.3, -0.25) is 14.9 Å². The molecule has 3 N–H and O–H groups in total. The van der Waals surface area contributed by atoms with Gasteiger partial charge in [-0.15, -0.1) is 0 Å². The highest BCUT2D eigenvalue weighted by molar-refractivity contribution is 5.95. The van der Waals surface area contributed by atoms with Crippen LogP contribution in [0.25, 0.3) is 0 Å². The summed E-state index contributed by atoms with van der Waals surface area (Å²) in [5, 5.41) is 14.3. The Balaban J connectivity index is 1.52. The van der Waals surface area contributed by atoms with E-state index in [9.17, 15) is 14.4 Å². The number of nitrogens with zero attached hydrogens (tertiary/aromatic N) is 1. The van der Waals surface area contributed by atoms with Gasteiger partial charge in [0.05, 0.1) is 6.54 Å². The topological polar surface area (TPSA) is 126 Å². The molecule has 0 heterocycles. The molecule has 0 radical (unpaired) electrons. The maximum absolute atomic E-state index is 12.6. The fourth-order valence-electron chi connectivity index (χ4n) is 4.54. The normalized spacial score (nSPS) is 11.0. The molecular formula is C35H43N3O6. The molecule has 9 nitrogen and oxygen atoms in total. The summed E-state index contributed by atoms with van der Waals surface area (Å²) >= 11 is 0. The molecule has 1 amide bonds. The van der Waals surface area contributed by atoms with Crippen molar-refractivity contribution in [1.82, 2.24) is 10.6 Å². The molecule has 0 bridgehead atoms. The highest BCUT2D eigenvalue weighted by Gasteiger charge is 2.11. The Morgan fingerprint density at radius 3 is 1.84 bits per heavy atom. The minimum atomic E-state index is -0.726. The van der Waals surface area contributed by atoms with E-state index in [0.717, 1.165) is 68.1 Å². The van der Waals surface area contributed by atoms with Crippen LogP contribution in [0.5, 0.6) is 0 Å². The van der Waals surface area contributed by atoms with E-state index >= 15 is 0 Å². The lowest BCUT2D eigenvalue weighted by molar-refractivity contribution is -0.143. The third-order valence-corrected chi connectivity index (χ3v) is 6.94. The van der Waals surface area contributed by atoms with Crippen LogP contribution in [-0.4, -0.2) is 35.6 Å². The summed E-state index contributed by atoms with van der Waals surface area (Å²) in [5.41, 5.74) is 3.95. The number of guanidine groups is 1. The number of benzene rings is 3. The highest BCUT2D eigenvalue weighted by Crippen LogP contribution is 2.16. The molecule has 0 aliphatic carbocycles. The first-order valence-corrected chi connectivity index (χ1v) is 15.2. The standard InChI is InChI=1S/C35H43N3O6/c39-32(40)23-13-5-3-1-2-4-12-20-30-21-14-15-22-31(30)24-36-34(38-35(42)44-27-29-18-10-7-11-19-29)37-25-33(41)43-26-28-16-8-6-9-17-28/h6-11,14-19,21-22H,1-5,12-13,20,23-27H2,(H,39,40)(H2,36,37,38,42). The minimum absolute atomic E-state index is 0.101. The fourth-order valence-corrected chi connectivity index (χ4v) is 4.54. The maximum Gasteiger partial charge on any atom is 0.414 e. The van der Waals surface area contributed by atoms with E-state index in [1.54, 1.807) is 0 Å². The van der Waals surface area contributed by atoms with Crippen molar-refractivity contribution in [2.75, 3.05) is 6.54 Å². The highest BCUT2D eigenvalue weighted by atomic mass is 16.5. The molecule has 234 valence electrons. The molecule has 3 rings (SSSR count). The van der Waals surface area contributed by atoms with Gasteiger partial charge < -0.3 is 19.9 Å². The fraction of sp³-hybridized carbons (Fsp3) is 0.371. The number of unbranched alkanes of at least 4 members (excludes halogenated alkanes) is 6. The first kappa shape index (κ1) is 33.8. The van der Waals surface area contributed by atoms with Gasteiger partial charge in [0, 0.05) is 6.42 Å². The van der Waals surface area contributed by atoms with Gasteiger partial charge in [0.25, 0.3) is 0 Å². The quantitative estimate of drug-likeness (QED) is 0.0653. The van der Waals surface area contributed by atoms with E-state index in [1.165, 1.54) is 5.56 Å². The van der Waals surface area contributed by atoms with Crippen LogP contribution in [0, 0.1) is 0 Å². The number of esters is 1. The lowest BCUT2D eigenvalue weighted by Crippen LogP contribution is -2.43. The Bertz CT molecular complexity index is 1310. The van der Waals surface area contributed by atoms with Crippen LogP contribution in [0.4, 0.5) is 4.79 Å². The Morgan fingerprint density at radius 2 is 1.20 bits per heavy atom. The van der Waals surface area contributed by atoms with Crippen LogP contribution in [0.15, 0.2) is 89.9 Å². The predicted molar refractivity (Wildman–Crippen MR) is 170 cm³/mol. The molecule has 44 heavy (non-hydrogen) atoms. The third kappa shape index (κ3) is 14.5. The van der Waals surface area contributed by atoms with Crippen LogP contribution >= 0.6 is 0 Å². The average Bonchev–Trinajstić information content (AvgIpc) is 3.04. The number of carbonyl (C=O) groups is 3. The number of hydrogen-bond donors (Lipinski definition) is 3. The van der Waals surface area contributed by atoms with Gasteiger partial charge in [0.15, 0.2) is 0 Å². The van der Waals surface area contributed by atoms with Crippen LogP contribution in [0.2, 0.25) is 0 Å². The van der Waals surface area contributed by atoms with Crippen molar-refractivity contribution in [1.29, 1.82) is 0 Å². The molecule has 3 aromatic rings. The summed E-state index contributed by atoms with van der Waals surface area (Å²) in [6, 6.07) is 26.8. The first-order valence-electron chi connectivity index (χ1n) is 15.2. The molecule has 0 aliphatic rings. The van der Waals surface area contributed by atoms with Crippen molar-refractivity contribution < 1.29 is 29.0 Å². The second-order valence-electron chi connectivity index (χ2n) is 10.5. The largest absolute Gasteiger partial charge is 0.481 e. The number of ether oxygens (including phenoxy) is 2. The summed E-state index contributed by atoms with van der Waals surface area (Å²) < 4.78 is 10.7. The second kappa shape index (κ2) is 20.3. The van der Waals surface area contributed by atoms with Crippen molar-refractivity contribution in [3.8, 4) is 0 Å². The number of nitrogens with one attached hydrogen (secondary N) is 2. The van der Waals surface area contributed by atoms with Crippen LogP contribution in [-0.2, 0) is 45.2 Å². The molecule has 0 fully saturated rings. The monoisotopic (exact) mass is 601 g/mol. The third-order valence-electron chi connectivity index (χ3n) is 6.94. The van der Waals surface area contributed by atoms with Crippen molar-refractivity contribution >= 4 is 24.0 Å². The predicted octanol–water partition coefficient (Wildman–Crippen LogP) is 6.55. The lowest BCUT2D eigenvalue weighted by atomic mass is 10.00. The number of hydrogen-bond acceptors (Lipinski definition) is 6. The first-order chi connectivity index (χ1) is 21.5. The average molecular weight is 602 g/mol. The molecule has 0 unspecified atom stereocenters. The molecule has 0 spiro atoms. The summed E-state index contributed by atoms with van der Waals surface area (Å²) in [4.78, 5) is 40.2. The zero-order valence-electron chi connectivity index (χ0n) is 25.2. The van der Waals surface area contributed by atoms with E-state index in [-0.39, 0.29) is 32.1 Å². The van der Waals surface area contributed by atoms with E-state index < -0.39 is 18.0 Å². The molecular weight excluding hydrogens is 558 g/mol. The number of aryl methyl sites for hydroxylation is 1. The van der Waals surface area contributed by atoms with Gasteiger partial charge in [-0.05, 0) is 41.5 Å². The van der Waals surface area contributed by atoms with Crippen molar-refractivity contribution in [2.45, 2.75) is 77.5 Å². The van der Waals surface area contributed by atoms with Crippen LogP contribution < -0.4 is 10.6 Å². The minimum Gasteiger partial charge on any atom is -0.481 e. The maximum atomic E-state index is 12.6. The number of carboxylic acids is 1. The molecule has 3 aromatic carbocycles. The second-order valence-corrected chi connectivity index (χ2v) is 10.5. The Morgan fingerprint density at radius 1 is 0.659 bits per heavy atom. The molecule has 0 saturated heterocycles. The lowest BCUT2D eigenvalue weighted by Gasteiger charge is -2.13. The SMILES string of the molecule is O=C(O)CCCCCCCCCc1ccccc1CN=C(NCC(=O)OCc1ccccc1)NC(=O)OCc1ccccc1. The number of aliphatic imine (C=N–C) groups is 1. The van der Waals surface area contributed by atoms with E-state index in [2.05, 4.69) is 21.7 Å². The summed E-state index contributed by atoms with van der Waals surface area (Å²) in [5.74, 6) is -1.09. The number of carboxylic acid groups (broad SMARTS) is 1. The molecule has 0 saturated carbocycles. The Kier molecular flexibility index (Phi) is 15.6. The summed E-state index contributed by atoms with van der Waals surface area (Å²) in [7, 11) is 0. The number of aliphatic carboxylic acids is 1. The van der Waals surface area contributed by atoms with Gasteiger partial charge in [-0.1, -0.05) is 117 Å². The van der Waals surface area contributed by atoms with Crippen molar-refractivity contribution in [3.05, 3.63) is 107 Å². The molecule has 9 heteroatoms. The van der Waals surface area contributed by atoms with Gasteiger partial charge >= 0.3 is 18.0 Å². The van der Waals surface area contributed by atoms with Gasteiger partial charge in [-0.2, -0.15) is 0 Å².